The smallest absolute Gasteiger partial charge is 0.233 e. The number of ether oxygens (including phenoxy) is 1. The van der Waals surface area contributed by atoms with Crippen molar-refractivity contribution < 1.29 is 4.74 Å². The van der Waals surface area contributed by atoms with Crippen LogP contribution < -0.4 is 10.1 Å². The van der Waals surface area contributed by atoms with Crippen LogP contribution in [0.1, 0.15) is 32.1 Å². The van der Waals surface area contributed by atoms with Gasteiger partial charge in [-0.1, -0.05) is 19.3 Å². The molecule has 2 rings (SSSR count). The van der Waals surface area contributed by atoms with E-state index in [1.807, 2.05) is 0 Å². The number of nitrogens with one attached hydrogen (secondary N) is 1. The van der Waals surface area contributed by atoms with Crippen LogP contribution in [0.3, 0.4) is 0 Å². The van der Waals surface area contributed by atoms with Gasteiger partial charge in [0.25, 0.3) is 0 Å². The zero-order chi connectivity index (χ0) is 11.2. The lowest BCUT2D eigenvalue weighted by Gasteiger charge is -2.21. The number of methoxy groups -OCH3 is 1. The van der Waals surface area contributed by atoms with Crippen LogP contribution in [-0.4, -0.2) is 23.6 Å². The average Bonchev–Trinajstić information content (AvgIpc) is 2.38. The summed E-state index contributed by atoms with van der Waals surface area (Å²) in [4.78, 5) is 8.35. The molecule has 1 N–H and O–H groups in total. The largest absolute Gasteiger partial charge is 0.480 e. The van der Waals surface area contributed by atoms with Crippen molar-refractivity contribution in [3.8, 4) is 5.88 Å². The zero-order valence-electron chi connectivity index (χ0n) is 9.78. The molecule has 0 spiro atoms. The molecular formula is C12H19N3O. The van der Waals surface area contributed by atoms with Crippen molar-refractivity contribution in [3.63, 3.8) is 0 Å². The Labute approximate surface area is 96.4 Å². The van der Waals surface area contributed by atoms with Crippen LogP contribution in [0.2, 0.25) is 0 Å². The van der Waals surface area contributed by atoms with E-state index >= 15 is 0 Å². The van der Waals surface area contributed by atoms with Crippen LogP contribution in [0.25, 0.3) is 0 Å². The molecule has 88 valence electrons. The second-order valence-corrected chi connectivity index (χ2v) is 4.33. The molecule has 1 saturated carbocycles. The van der Waals surface area contributed by atoms with Gasteiger partial charge in [0.2, 0.25) is 5.88 Å². The minimum absolute atomic E-state index is 0.564. The molecule has 1 fully saturated rings. The van der Waals surface area contributed by atoms with E-state index in [0.29, 0.717) is 5.88 Å². The fourth-order valence-corrected chi connectivity index (χ4v) is 2.17. The third kappa shape index (κ3) is 3.08. The molecule has 16 heavy (non-hydrogen) atoms. The molecule has 0 unspecified atom stereocenters. The number of aromatic nitrogens is 2. The zero-order valence-corrected chi connectivity index (χ0v) is 9.78. The van der Waals surface area contributed by atoms with E-state index in [2.05, 4.69) is 15.3 Å². The molecule has 0 atom stereocenters. The Hall–Kier alpha value is -1.32. The Balaban J connectivity index is 1.83. The Morgan fingerprint density at radius 1 is 1.31 bits per heavy atom. The highest BCUT2D eigenvalue weighted by Gasteiger charge is 2.13. The number of hydrogen-bond acceptors (Lipinski definition) is 4. The topological polar surface area (TPSA) is 47.0 Å². The van der Waals surface area contributed by atoms with Gasteiger partial charge < -0.3 is 10.1 Å². The molecule has 0 saturated heterocycles. The first-order valence-corrected chi connectivity index (χ1v) is 5.98. The van der Waals surface area contributed by atoms with Crippen molar-refractivity contribution in [1.82, 2.24) is 9.97 Å². The average molecular weight is 221 g/mol. The van der Waals surface area contributed by atoms with Gasteiger partial charge in [0.15, 0.2) is 0 Å². The lowest BCUT2D eigenvalue weighted by Crippen LogP contribution is -2.17. The molecule has 1 aromatic heterocycles. The second kappa shape index (κ2) is 5.68. The molecule has 1 aliphatic rings. The van der Waals surface area contributed by atoms with Crippen molar-refractivity contribution in [2.75, 3.05) is 19.0 Å². The standard InChI is InChI=1S/C12H19N3O/c1-16-12-9-13-8-11(15-12)14-7-10-5-3-2-4-6-10/h8-10H,2-7H2,1H3,(H,14,15). The van der Waals surface area contributed by atoms with E-state index in [9.17, 15) is 0 Å². The molecule has 0 aliphatic heterocycles. The minimum atomic E-state index is 0.564. The molecule has 0 amide bonds. The summed E-state index contributed by atoms with van der Waals surface area (Å²) in [6, 6.07) is 0. The maximum Gasteiger partial charge on any atom is 0.233 e. The SMILES string of the molecule is COc1cncc(NCC2CCCCC2)n1. The highest BCUT2D eigenvalue weighted by Crippen LogP contribution is 2.23. The first-order valence-electron chi connectivity index (χ1n) is 5.98. The van der Waals surface area contributed by atoms with E-state index in [-0.39, 0.29) is 0 Å². The number of anilines is 1. The minimum Gasteiger partial charge on any atom is -0.480 e. The van der Waals surface area contributed by atoms with Gasteiger partial charge >= 0.3 is 0 Å². The molecular weight excluding hydrogens is 202 g/mol. The summed E-state index contributed by atoms with van der Waals surface area (Å²) in [5.74, 6) is 2.17. The van der Waals surface area contributed by atoms with E-state index in [4.69, 9.17) is 4.74 Å². The van der Waals surface area contributed by atoms with E-state index < -0.39 is 0 Å². The van der Waals surface area contributed by atoms with Crippen LogP contribution >= 0.6 is 0 Å². The van der Waals surface area contributed by atoms with Crippen LogP contribution in [0.4, 0.5) is 5.82 Å². The van der Waals surface area contributed by atoms with Gasteiger partial charge in [-0.3, -0.25) is 4.98 Å². The fraction of sp³-hybridized carbons (Fsp3) is 0.667. The Kier molecular flexibility index (Phi) is 3.97. The third-order valence-electron chi connectivity index (χ3n) is 3.12. The molecule has 1 aliphatic carbocycles. The van der Waals surface area contributed by atoms with E-state index in [0.717, 1.165) is 18.3 Å². The first kappa shape index (κ1) is 11.2. The molecule has 1 heterocycles. The Morgan fingerprint density at radius 2 is 2.12 bits per heavy atom. The molecule has 0 radical (unpaired) electrons. The van der Waals surface area contributed by atoms with Crippen LogP contribution in [0.5, 0.6) is 5.88 Å². The maximum absolute atomic E-state index is 5.03. The van der Waals surface area contributed by atoms with Gasteiger partial charge in [-0.2, -0.15) is 4.98 Å². The summed E-state index contributed by atoms with van der Waals surface area (Å²) in [5, 5.41) is 3.34. The summed E-state index contributed by atoms with van der Waals surface area (Å²) < 4.78 is 5.03. The molecule has 4 heteroatoms. The molecule has 1 aromatic rings. The quantitative estimate of drug-likeness (QED) is 0.848. The maximum atomic E-state index is 5.03. The fourth-order valence-electron chi connectivity index (χ4n) is 2.17. The normalized spacial score (nSPS) is 17.1. The lowest BCUT2D eigenvalue weighted by molar-refractivity contribution is 0.372. The summed E-state index contributed by atoms with van der Waals surface area (Å²) in [6.45, 7) is 1.00. The van der Waals surface area contributed by atoms with Crippen LogP contribution in [0.15, 0.2) is 12.4 Å². The van der Waals surface area contributed by atoms with Crippen molar-refractivity contribution in [3.05, 3.63) is 12.4 Å². The van der Waals surface area contributed by atoms with Crippen molar-refractivity contribution in [2.24, 2.45) is 5.92 Å². The van der Waals surface area contributed by atoms with Crippen molar-refractivity contribution >= 4 is 5.82 Å². The van der Waals surface area contributed by atoms with E-state index in [1.54, 1.807) is 19.5 Å². The first-order chi connectivity index (χ1) is 7.88. The van der Waals surface area contributed by atoms with Crippen LogP contribution in [-0.2, 0) is 0 Å². The van der Waals surface area contributed by atoms with Crippen molar-refractivity contribution in [2.45, 2.75) is 32.1 Å². The van der Waals surface area contributed by atoms with Gasteiger partial charge in [0.1, 0.15) is 5.82 Å². The summed E-state index contributed by atoms with van der Waals surface area (Å²) >= 11 is 0. The second-order valence-electron chi connectivity index (χ2n) is 4.33. The van der Waals surface area contributed by atoms with Crippen LogP contribution in [0, 0.1) is 5.92 Å². The molecule has 0 aromatic carbocycles. The van der Waals surface area contributed by atoms with E-state index in [1.165, 1.54) is 32.1 Å². The number of nitrogens with zero attached hydrogens (tertiary/aromatic N) is 2. The van der Waals surface area contributed by atoms with Gasteiger partial charge in [-0.25, -0.2) is 0 Å². The summed E-state index contributed by atoms with van der Waals surface area (Å²) in [5.41, 5.74) is 0. The summed E-state index contributed by atoms with van der Waals surface area (Å²) in [7, 11) is 1.61. The third-order valence-corrected chi connectivity index (χ3v) is 3.12. The Morgan fingerprint density at radius 3 is 2.88 bits per heavy atom. The Bertz CT molecular complexity index is 324. The molecule has 4 nitrogen and oxygen atoms in total. The predicted octanol–water partition coefficient (Wildman–Crippen LogP) is 2.48. The van der Waals surface area contributed by atoms with Gasteiger partial charge in [0.05, 0.1) is 19.5 Å². The predicted molar refractivity (Wildman–Crippen MR) is 63.6 cm³/mol. The van der Waals surface area contributed by atoms with Gasteiger partial charge in [-0.05, 0) is 18.8 Å². The summed E-state index contributed by atoms with van der Waals surface area (Å²) in [6.07, 6.45) is 10.2. The van der Waals surface area contributed by atoms with Gasteiger partial charge in [0, 0.05) is 6.54 Å². The highest BCUT2D eigenvalue weighted by molar-refractivity contribution is 5.33. The highest BCUT2D eigenvalue weighted by atomic mass is 16.5. The van der Waals surface area contributed by atoms with Crippen molar-refractivity contribution in [1.29, 1.82) is 0 Å². The number of hydrogen-bond donors (Lipinski definition) is 1. The molecule has 0 bridgehead atoms. The lowest BCUT2D eigenvalue weighted by atomic mass is 9.89. The monoisotopic (exact) mass is 221 g/mol. The van der Waals surface area contributed by atoms with Gasteiger partial charge in [-0.15, -0.1) is 0 Å². The number of rotatable bonds is 4.